The largest absolute Gasteiger partial charge is 0.491 e. The van der Waals surface area contributed by atoms with E-state index in [0.29, 0.717) is 11.3 Å². The van der Waals surface area contributed by atoms with Crippen molar-refractivity contribution in [2.75, 3.05) is 6.61 Å². The minimum atomic E-state index is -0.995. The molecule has 0 heterocycles. The Balaban J connectivity index is 2.63. The van der Waals surface area contributed by atoms with Gasteiger partial charge in [0.15, 0.2) is 0 Å². The molecule has 0 saturated heterocycles. The first-order valence-electron chi connectivity index (χ1n) is 3.99. The van der Waals surface area contributed by atoms with Crippen LogP contribution in [-0.2, 0) is 0 Å². The molecule has 0 aliphatic heterocycles. The fraction of sp³-hybridized carbons (Fsp3) is 0.300. The van der Waals surface area contributed by atoms with Crippen molar-refractivity contribution in [2.24, 2.45) is 0 Å². The van der Waals surface area contributed by atoms with Crippen LogP contribution in [0.2, 0.25) is 0 Å². The highest BCUT2D eigenvalue weighted by molar-refractivity contribution is 5.36. The second kappa shape index (κ2) is 4.46. The topological polar surface area (TPSA) is 33.0 Å². The molecule has 0 spiro atoms. The number of halogens is 1. The lowest BCUT2D eigenvalue weighted by atomic mass is 10.2. The molecule has 1 aromatic rings. The van der Waals surface area contributed by atoms with Gasteiger partial charge in [0.05, 0.1) is 11.6 Å². The zero-order valence-electron chi connectivity index (χ0n) is 7.33. The molecule has 0 saturated carbocycles. The summed E-state index contributed by atoms with van der Waals surface area (Å²) in [7, 11) is 0. The smallest absolute Gasteiger partial charge is 0.131 e. The van der Waals surface area contributed by atoms with Crippen LogP contribution in [0.1, 0.15) is 12.5 Å². The van der Waals surface area contributed by atoms with Crippen molar-refractivity contribution < 1.29 is 9.13 Å². The summed E-state index contributed by atoms with van der Waals surface area (Å²) in [6.07, 6.45) is -0.995. The second-order valence-corrected chi connectivity index (χ2v) is 2.73. The van der Waals surface area contributed by atoms with Gasteiger partial charge in [0.1, 0.15) is 18.5 Å². The lowest BCUT2D eigenvalue weighted by Gasteiger charge is -2.06. The zero-order valence-corrected chi connectivity index (χ0v) is 7.33. The maximum atomic E-state index is 12.4. The highest BCUT2D eigenvalue weighted by Gasteiger charge is 2.00. The number of hydrogen-bond acceptors (Lipinski definition) is 2. The summed E-state index contributed by atoms with van der Waals surface area (Å²) < 4.78 is 17.5. The number of benzene rings is 1. The number of ether oxygens (including phenoxy) is 1. The average Bonchev–Trinajstić information content (AvgIpc) is 2.15. The van der Waals surface area contributed by atoms with E-state index in [1.807, 2.05) is 6.07 Å². The number of rotatable bonds is 3. The van der Waals surface area contributed by atoms with Crippen LogP contribution >= 0.6 is 0 Å². The maximum Gasteiger partial charge on any atom is 0.131 e. The molecule has 3 heteroatoms. The Morgan fingerprint density at radius 1 is 1.62 bits per heavy atom. The van der Waals surface area contributed by atoms with Gasteiger partial charge in [-0.05, 0) is 25.1 Å². The van der Waals surface area contributed by atoms with Gasteiger partial charge < -0.3 is 4.74 Å². The SMILES string of the molecule is CC(F)COc1cccc(C#N)c1. The maximum absolute atomic E-state index is 12.4. The first-order valence-corrected chi connectivity index (χ1v) is 3.99. The quantitative estimate of drug-likeness (QED) is 0.713. The van der Waals surface area contributed by atoms with E-state index in [0.717, 1.165) is 0 Å². The van der Waals surface area contributed by atoms with Gasteiger partial charge >= 0.3 is 0 Å². The molecule has 1 unspecified atom stereocenters. The first kappa shape index (κ1) is 9.53. The van der Waals surface area contributed by atoms with Crippen molar-refractivity contribution in [2.45, 2.75) is 13.1 Å². The van der Waals surface area contributed by atoms with Gasteiger partial charge in [-0.2, -0.15) is 5.26 Å². The summed E-state index contributed by atoms with van der Waals surface area (Å²) in [6, 6.07) is 8.64. The van der Waals surface area contributed by atoms with Crippen LogP contribution in [0.5, 0.6) is 5.75 Å². The fourth-order valence-corrected chi connectivity index (χ4v) is 0.866. The molecule has 0 aliphatic rings. The summed E-state index contributed by atoms with van der Waals surface area (Å²) in [5.41, 5.74) is 0.518. The van der Waals surface area contributed by atoms with Gasteiger partial charge in [0.25, 0.3) is 0 Å². The van der Waals surface area contributed by atoms with Gasteiger partial charge in [-0.3, -0.25) is 0 Å². The molecular formula is C10H10FNO. The van der Waals surface area contributed by atoms with Gasteiger partial charge in [-0.25, -0.2) is 4.39 Å². The Bertz CT molecular complexity index is 317. The number of nitrogens with zero attached hydrogens (tertiary/aromatic N) is 1. The van der Waals surface area contributed by atoms with Gasteiger partial charge in [0.2, 0.25) is 0 Å². The zero-order chi connectivity index (χ0) is 9.68. The summed E-state index contributed by atoms with van der Waals surface area (Å²) in [5.74, 6) is 0.531. The number of alkyl halides is 1. The Morgan fingerprint density at radius 2 is 2.38 bits per heavy atom. The summed E-state index contributed by atoms with van der Waals surface area (Å²) in [5, 5.41) is 8.56. The summed E-state index contributed by atoms with van der Waals surface area (Å²) in [6.45, 7) is 1.45. The number of hydrogen-bond donors (Lipinski definition) is 0. The molecule has 1 atom stereocenters. The first-order chi connectivity index (χ1) is 6.22. The highest BCUT2D eigenvalue weighted by atomic mass is 19.1. The highest BCUT2D eigenvalue weighted by Crippen LogP contribution is 2.12. The second-order valence-electron chi connectivity index (χ2n) is 2.73. The Morgan fingerprint density at radius 3 is 3.00 bits per heavy atom. The van der Waals surface area contributed by atoms with E-state index >= 15 is 0 Å². The van der Waals surface area contributed by atoms with Crippen molar-refractivity contribution in [3.63, 3.8) is 0 Å². The molecule has 0 radical (unpaired) electrons. The minimum Gasteiger partial charge on any atom is -0.491 e. The number of nitriles is 1. The van der Waals surface area contributed by atoms with Crippen molar-refractivity contribution in [1.29, 1.82) is 5.26 Å². The van der Waals surface area contributed by atoms with E-state index in [1.54, 1.807) is 24.3 Å². The molecule has 0 fully saturated rings. The van der Waals surface area contributed by atoms with Crippen LogP contribution in [0.25, 0.3) is 0 Å². The molecule has 0 amide bonds. The summed E-state index contributed by atoms with van der Waals surface area (Å²) >= 11 is 0. The molecule has 1 rings (SSSR count). The van der Waals surface area contributed by atoms with E-state index in [-0.39, 0.29) is 6.61 Å². The van der Waals surface area contributed by atoms with E-state index < -0.39 is 6.17 Å². The Hall–Kier alpha value is -1.56. The van der Waals surface area contributed by atoms with Crippen LogP contribution in [0, 0.1) is 11.3 Å². The van der Waals surface area contributed by atoms with Crippen molar-refractivity contribution in [1.82, 2.24) is 0 Å². The van der Waals surface area contributed by atoms with Crippen LogP contribution in [0.4, 0.5) is 4.39 Å². The van der Waals surface area contributed by atoms with Crippen molar-refractivity contribution in [3.05, 3.63) is 29.8 Å². The normalized spacial score (nSPS) is 11.8. The van der Waals surface area contributed by atoms with E-state index in [4.69, 9.17) is 10.00 Å². The van der Waals surface area contributed by atoms with E-state index in [2.05, 4.69) is 0 Å². The monoisotopic (exact) mass is 179 g/mol. The Labute approximate surface area is 76.6 Å². The van der Waals surface area contributed by atoms with Crippen LogP contribution in [0.15, 0.2) is 24.3 Å². The molecule has 13 heavy (non-hydrogen) atoms. The summed E-state index contributed by atoms with van der Waals surface area (Å²) in [4.78, 5) is 0. The third-order valence-electron chi connectivity index (χ3n) is 1.44. The average molecular weight is 179 g/mol. The van der Waals surface area contributed by atoms with Crippen LogP contribution < -0.4 is 4.74 Å². The third-order valence-corrected chi connectivity index (χ3v) is 1.44. The molecule has 0 N–H and O–H groups in total. The van der Waals surface area contributed by atoms with Gasteiger partial charge in [0, 0.05) is 0 Å². The minimum absolute atomic E-state index is 0.0227. The van der Waals surface area contributed by atoms with Crippen molar-refractivity contribution in [3.8, 4) is 11.8 Å². The lowest BCUT2D eigenvalue weighted by Crippen LogP contribution is -2.08. The molecule has 0 bridgehead atoms. The van der Waals surface area contributed by atoms with E-state index in [9.17, 15) is 4.39 Å². The third kappa shape index (κ3) is 3.12. The predicted molar refractivity (Wildman–Crippen MR) is 47.2 cm³/mol. The van der Waals surface area contributed by atoms with Gasteiger partial charge in [-0.1, -0.05) is 6.07 Å². The molecular weight excluding hydrogens is 169 g/mol. The standard InChI is InChI=1S/C10H10FNO/c1-8(11)7-13-10-4-2-3-9(5-10)6-12/h2-5,8H,7H2,1H3. The fourth-order valence-electron chi connectivity index (χ4n) is 0.866. The molecule has 68 valence electrons. The molecule has 0 aliphatic carbocycles. The predicted octanol–water partition coefficient (Wildman–Crippen LogP) is 2.30. The van der Waals surface area contributed by atoms with Crippen LogP contribution in [0.3, 0.4) is 0 Å². The Kier molecular flexibility index (Phi) is 3.27. The van der Waals surface area contributed by atoms with Crippen molar-refractivity contribution >= 4 is 0 Å². The van der Waals surface area contributed by atoms with Crippen LogP contribution in [-0.4, -0.2) is 12.8 Å². The molecule has 1 aromatic carbocycles. The molecule has 2 nitrogen and oxygen atoms in total. The molecule has 0 aromatic heterocycles. The van der Waals surface area contributed by atoms with E-state index in [1.165, 1.54) is 6.92 Å². The lowest BCUT2D eigenvalue weighted by molar-refractivity contribution is 0.210. The van der Waals surface area contributed by atoms with Gasteiger partial charge in [-0.15, -0.1) is 0 Å².